The van der Waals surface area contributed by atoms with Gasteiger partial charge in [-0.1, -0.05) is 96.1 Å². The summed E-state index contributed by atoms with van der Waals surface area (Å²) < 4.78 is 15.8. The van der Waals surface area contributed by atoms with Gasteiger partial charge in [-0.15, -0.1) is 0 Å². The molecule has 1 unspecified atom stereocenters. The number of unbranched alkanes of at least 4 members (excludes halogenated alkanes) is 12. The number of benzene rings is 1. The Morgan fingerprint density at radius 3 is 2.00 bits per heavy atom. The van der Waals surface area contributed by atoms with Crippen LogP contribution < -0.4 is 4.74 Å². The van der Waals surface area contributed by atoms with Crippen molar-refractivity contribution < 1.29 is 19.0 Å². The topological polar surface area (TPSA) is 44.8 Å². The fourth-order valence-corrected chi connectivity index (χ4v) is 3.66. The zero-order valence-electron chi connectivity index (χ0n) is 19.4. The predicted octanol–water partition coefficient (Wildman–Crippen LogP) is 6.89. The van der Waals surface area contributed by atoms with E-state index in [1.807, 2.05) is 12.1 Å². The van der Waals surface area contributed by atoms with E-state index >= 15 is 0 Å². The first-order chi connectivity index (χ1) is 14.8. The van der Waals surface area contributed by atoms with Crippen molar-refractivity contribution in [2.45, 2.75) is 103 Å². The molecular weight excluding hydrogens is 376 g/mol. The van der Waals surface area contributed by atoms with Crippen LogP contribution in [0, 0.1) is 0 Å². The van der Waals surface area contributed by atoms with Gasteiger partial charge in [0.05, 0.1) is 0 Å². The maximum atomic E-state index is 10.3. The van der Waals surface area contributed by atoms with E-state index in [1.54, 1.807) is 7.11 Å². The van der Waals surface area contributed by atoms with Crippen molar-refractivity contribution >= 4 is 6.47 Å². The van der Waals surface area contributed by atoms with Gasteiger partial charge in [0, 0.05) is 7.11 Å². The molecular formula is C26H44O4. The van der Waals surface area contributed by atoms with E-state index in [9.17, 15) is 4.79 Å². The molecule has 0 aliphatic rings. The largest absolute Gasteiger partial charge is 0.491 e. The number of aryl methyl sites for hydroxylation is 1. The second-order valence-corrected chi connectivity index (χ2v) is 8.24. The summed E-state index contributed by atoms with van der Waals surface area (Å²) in [5.41, 5.74) is 1.31. The first-order valence-corrected chi connectivity index (χ1v) is 12.1. The number of carbonyl (C=O) groups excluding carboxylic acids is 1. The van der Waals surface area contributed by atoms with Crippen molar-refractivity contribution in [2.24, 2.45) is 0 Å². The average molecular weight is 421 g/mol. The van der Waals surface area contributed by atoms with Gasteiger partial charge in [0.2, 0.25) is 0 Å². The van der Waals surface area contributed by atoms with Crippen LogP contribution in [-0.2, 0) is 20.7 Å². The summed E-state index contributed by atoms with van der Waals surface area (Å²) in [6, 6.07) is 8.27. The molecule has 4 nitrogen and oxygen atoms in total. The van der Waals surface area contributed by atoms with Gasteiger partial charge < -0.3 is 14.2 Å². The molecule has 0 spiro atoms. The summed E-state index contributed by atoms with van der Waals surface area (Å²) >= 11 is 0. The molecule has 30 heavy (non-hydrogen) atoms. The molecule has 0 amide bonds. The third-order valence-corrected chi connectivity index (χ3v) is 5.59. The Morgan fingerprint density at radius 2 is 1.43 bits per heavy atom. The molecule has 1 aromatic rings. The lowest BCUT2D eigenvalue weighted by Gasteiger charge is -2.15. The van der Waals surface area contributed by atoms with Crippen molar-refractivity contribution in [3.05, 3.63) is 29.8 Å². The SMILES string of the molecule is CCCCCCCCCCCCCCCc1cccc(OCC(COC=O)OC)c1. The molecule has 0 radical (unpaired) electrons. The van der Waals surface area contributed by atoms with E-state index in [0.29, 0.717) is 13.1 Å². The van der Waals surface area contributed by atoms with Crippen LogP contribution in [-0.4, -0.2) is 32.9 Å². The van der Waals surface area contributed by atoms with Gasteiger partial charge in [0.25, 0.3) is 6.47 Å². The Bertz CT molecular complexity index is 518. The van der Waals surface area contributed by atoms with Crippen molar-refractivity contribution in [2.75, 3.05) is 20.3 Å². The molecule has 4 heteroatoms. The van der Waals surface area contributed by atoms with Crippen LogP contribution >= 0.6 is 0 Å². The van der Waals surface area contributed by atoms with E-state index < -0.39 is 0 Å². The number of hydrogen-bond donors (Lipinski definition) is 0. The lowest BCUT2D eigenvalue weighted by atomic mass is 10.0. The van der Waals surface area contributed by atoms with Gasteiger partial charge in [0.15, 0.2) is 0 Å². The summed E-state index contributed by atoms with van der Waals surface area (Å²) in [6.07, 6.45) is 18.8. The van der Waals surface area contributed by atoms with E-state index in [0.717, 1.165) is 12.2 Å². The lowest BCUT2D eigenvalue weighted by Crippen LogP contribution is -2.25. The van der Waals surface area contributed by atoms with Gasteiger partial charge in [-0.05, 0) is 30.5 Å². The lowest BCUT2D eigenvalue weighted by molar-refractivity contribution is -0.132. The quantitative estimate of drug-likeness (QED) is 0.160. The molecule has 1 atom stereocenters. The van der Waals surface area contributed by atoms with E-state index in [2.05, 4.69) is 19.1 Å². The van der Waals surface area contributed by atoms with Crippen LogP contribution in [0.2, 0.25) is 0 Å². The van der Waals surface area contributed by atoms with E-state index in [1.165, 1.54) is 89.0 Å². The van der Waals surface area contributed by atoms with Crippen LogP contribution in [0.1, 0.15) is 96.0 Å². The molecule has 0 saturated heterocycles. The Hall–Kier alpha value is -1.55. The zero-order chi connectivity index (χ0) is 21.7. The molecule has 0 aliphatic heterocycles. The normalized spacial score (nSPS) is 11.9. The van der Waals surface area contributed by atoms with Crippen molar-refractivity contribution in [1.29, 1.82) is 0 Å². The number of rotatable bonds is 21. The first kappa shape index (κ1) is 26.5. The minimum absolute atomic E-state index is 0.207. The smallest absolute Gasteiger partial charge is 0.293 e. The molecule has 0 fully saturated rings. The minimum atomic E-state index is -0.250. The fraction of sp³-hybridized carbons (Fsp3) is 0.731. The van der Waals surface area contributed by atoms with E-state index in [4.69, 9.17) is 14.2 Å². The standard InChI is InChI=1S/C26H44O4/c1-3-4-5-6-7-8-9-10-11-12-13-14-15-17-24-18-16-19-25(20-24)30-22-26(28-2)21-29-23-27/h16,18-20,23,26H,3-15,17,21-22H2,1-2H3. The minimum Gasteiger partial charge on any atom is -0.491 e. The molecule has 0 bridgehead atoms. The summed E-state index contributed by atoms with van der Waals surface area (Å²) in [4.78, 5) is 10.3. The van der Waals surface area contributed by atoms with Crippen molar-refractivity contribution in [3.63, 3.8) is 0 Å². The zero-order valence-corrected chi connectivity index (χ0v) is 19.4. The third kappa shape index (κ3) is 14.4. The number of hydrogen-bond acceptors (Lipinski definition) is 4. The van der Waals surface area contributed by atoms with Crippen LogP contribution in [0.3, 0.4) is 0 Å². The molecule has 0 heterocycles. The average Bonchev–Trinajstić information content (AvgIpc) is 2.77. The monoisotopic (exact) mass is 420 g/mol. The second kappa shape index (κ2) is 19.4. The van der Waals surface area contributed by atoms with Gasteiger partial charge in [-0.3, -0.25) is 4.79 Å². The highest BCUT2D eigenvalue weighted by Crippen LogP contribution is 2.17. The molecule has 1 rings (SSSR count). The summed E-state index contributed by atoms with van der Waals surface area (Å²) in [7, 11) is 1.59. The van der Waals surface area contributed by atoms with E-state index in [-0.39, 0.29) is 12.7 Å². The third-order valence-electron chi connectivity index (χ3n) is 5.59. The summed E-state index contributed by atoms with van der Waals surface area (Å²) in [5, 5.41) is 0. The Kier molecular flexibility index (Phi) is 17.1. The highest BCUT2D eigenvalue weighted by atomic mass is 16.6. The van der Waals surface area contributed by atoms with Crippen LogP contribution in [0.25, 0.3) is 0 Å². The highest BCUT2D eigenvalue weighted by Gasteiger charge is 2.09. The van der Waals surface area contributed by atoms with Gasteiger partial charge in [0.1, 0.15) is 25.1 Å². The Balaban J connectivity index is 2.04. The second-order valence-electron chi connectivity index (χ2n) is 8.24. The van der Waals surface area contributed by atoms with Crippen LogP contribution in [0.5, 0.6) is 5.75 Å². The van der Waals surface area contributed by atoms with Crippen molar-refractivity contribution in [3.8, 4) is 5.75 Å². The fourth-order valence-electron chi connectivity index (χ4n) is 3.66. The highest BCUT2D eigenvalue weighted by molar-refractivity contribution is 5.36. The van der Waals surface area contributed by atoms with Gasteiger partial charge in [-0.2, -0.15) is 0 Å². The van der Waals surface area contributed by atoms with Gasteiger partial charge >= 0.3 is 0 Å². The predicted molar refractivity (Wildman–Crippen MR) is 124 cm³/mol. The maximum Gasteiger partial charge on any atom is 0.293 e. The summed E-state index contributed by atoms with van der Waals surface area (Å²) in [6.45, 7) is 3.29. The molecule has 0 aromatic heterocycles. The molecule has 0 N–H and O–H groups in total. The molecule has 0 saturated carbocycles. The molecule has 0 aliphatic carbocycles. The number of ether oxygens (including phenoxy) is 3. The Morgan fingerprint density at radius 1 is 0.833 bits per heavy atom. The van der Waals surface area contributed by atoms with Crippen molar-refractivity contribution in [1.82, 2.24) is 0 Å². The first-order valence-electron chi connectivity index (χ1n) is 12.1. The Labute approximate surface area is 184 Å². The summed E-state index contributed by atoms with van der Waals surface area (Å²) in [5.74, 6) is 0.843. The molecule has 172 valence electrons. The maximum absolute atomic E-state index is 10.3. The van der Waals surface area contributed by atoms with Crippen LogP contribution in [0.4, 0.5) is 0 Å². The van der Waals surface area contributed by atoms with Crippen LogP contribution in [0.15, 0.2) is 24.3 Å². The number of carbonyl (C=O) groups is 1. The number of methoxy groups -OCH3 is 1. The van der Waals surface area contributed by atoms with Gasteiger partial charge in [-0.25, -0.2) is 0 Å². The molecule has 1 aromatic carbocycles.